The summed E-state index contributed by atoms with van der Waals surface area (Å²) in [5, 5.41) is 0. The molecule has 3 fully saturated rings. The summed E-state index contributed by atoms with van der Waals surface area (Å²) in [6.07, 6.45) is 26.0. The van der Waals surface area contributed by atoms with Gasteiger partial charge in [0.25, 0.3) is 0 Å². The van der Waals surface area contributed by atoms with Crippen LogP contribution in [0.25, 0.3) is 0 Å². The standard InChI is InChI=1S/C27H50/c1-4-6-22-8-14-25(15-9-22)21(3)20-24-12-18-27(19-13-24)26-16-10-23(7-5-2)11-17-26/h21-27H,4-20H2,1-3H3/t21-,22?,23?,24?,25?,26?,27?/m1/s1. The predicted molar refractivity (Wildman–Crippen MR) is 120 cm³/mol. The molecule has 3 aliphatic carbocycles. The minimum Gasteiger partial charge on any atom is -0.0654 e. The molecule has 0 N–H and O–H groups in total. The van der Waals surface area contributed by atoms with Crippen LogP contribution in [0.2, 0.25) is 0 Å². The van der Waals surface area contributed by atoms with E-state index < -0.39 is 0 Å². The second-order valence-electron chi connectivity index (χ2n) is 11.1. The van der Waals surface area contributed by atoms with Crippen LogP contribution < -0.4 is 0 Å². The van der Waals surface area contributed by atoms with Crippen LogP contribution >= 0.6 is 0 Å². The zero-order chi connectivity index (χ0) is 19.1. The van der Waals surface area contributed by atoms with E-state index in [1.165, 1.54) is 38.5 Å². The fraction of sp³-hybridized carbons (Fsp3) is 1.00. The Morgan fingerprint density at radius 2 is 0.963 bits per heavy atom. The predicted octanol–water partition coefficient (Wildman–Crippen LogP) is 9.03. The lowest BCUT2D eigenvalue weighted by Gasteiger charge is -2.39. The largest absolute Gasteiger partial charge is 0.0654 e. The van der Waals surface area contributed by atoms with Crippen LogP contribution in [0.4, 0.5) is 0 Å². The van der Waals surface area contributed by atoms with Crippen molar-refractivity contribution in [2.75, 3.05) is 0 Å². The average Bonchev–Trinajstić information content (AvgIpc) is 2.70. The van der Waals surface area contributed by atoms with Crippen LogP contribution in [0, 0.1) is 41.4 Å². The first-order valence-electron chi connectivity index (χ1n) is 13.2. The molecular formula is C27H50. The molecule has 3 saturated carbocycles. The molecule has 0 aromatic rings. The summed E-state index contributed by atoms with van der Waals surface area (Å²) in [4.78, 5) is 0. The number of hydrogen-bond donors (Lipinski definition) is 0. The minimum atomic E-state index is 0.999. The van der Waals surface area contributed by atoms with Gasteiger partial charge in [0.15, 0.2) is 0 Å². The highest BCUT2D eigenvalue weighted by molar-refractivity contribution is 4.84. The SMILES string of the molecule is CCCC1CCC(C2CCC(C[C@@H](C)C3CCC(CCC)CC3)CC2)CC1. The Morgan fingerprint density at radius 3 is 1.41 bits per heavy atom. The van der Waals surface area contributed by atoms with Crippen molar-refractivity contribution in [1.29, 1.82) is 0 Å². The van der Waals surface area contributed by atoms with Crippen molar-refractivity contribution in [3.8, 4) is 0 Å². The fourth-order valence-corrected chi connectivity index (χ4v) is 7.42. The lowest BCUT2D eigenvalue weighted by Crippen LogP contribution is -2.27. The maximum atomic E-state index is 2.60. The summed E-state index contributed by atoms with van der Waals surface area (Å²) in [6, 6.07) is 0. The zero-order valence-electron chi connectivity index (χ0n) is 19.1. The molecule has 3 rings (SSSR count). The molecule has 27 heavy (non-hydrogen) atoms. The molecular weight excluding hydrogens is 324 g/mol. The van der Waals surface area contributed by atoms with Gasteiger partial charge in [0.2, 0.25) is 0 Å². The van der Waals surface area contributed by atoms with Crippen LogP contribution in [0.15, 0.2) is 0 Å². The first kappa shape index (κ1) is 21.7. The molecule has 0 radical (unpaired) electrons. The maximum absolute atomic E-state index is 2.60. The first-order chi connectivity index (χ1) is 13.2. The van der Waals surface area contributed by atoms with E-state index in [1.54, 1.807) is 70.6 Å². The van der Waals surface area contributed by atoms with Gasteiger partial charge < -0.3 is 0 Å². The van der Waals surface area contributed by atoms with E-state index in [0.717, 1.165) is 41.4 Å². The lowest BCUT2D eigenvalue weighted by atomic mass is 9.66. The molecule has 0 heteroatoms. The summed E-state index contributed by atoms with van der Waals surface area (Å²) >= 11 is 0. The Kier molecular flexibility index (Phi) is 9.05. The quantitative estimate of drug-likeness (QED) is 0.397. The summed E-state index contributed by atoms with van der Waals surface area (Å²) < 4.78 is 0. The summed E-state index contributed by atoms with van der Waals surface area (Å²) in [6.45, 7) is 7.33. The molecule has 0 aromatic carbocycles. The van der Waals surface area contributed by atoms with Crippen molar-refractivity contribution < 1.29 is 0 Å². The topological polar surface area (TPSA) is 0 Å². The number of rotatable bonds is 8. The van der Waals surface area contributed by atoms with Gasteiger partial charge in [-0.25, -0.2) is 0 Å². The van der Waals surface area contributed by atoms with E-state index in [1.807, 2.05) is 0 Å². The molecule has 1 atom stereocenters. The molecule has 3 aliphatic rings. The Morgan fingerprint density at radius 1 is 0.556 bits per heavy atom. The molecule has 0 aromatic heterocycles. The molecule has 0 amide bonds. The van der Waals surface area contributed by atoms with E-state index in [2.05, 4.69) is 20.8 Å². The Labute approximate surface area is 171 Å². The number of hydrogen-bond acceptors (Lipinski definition) is 0. The van der Waals surface area contributed by atoms with Gasteiger partial charge in [-0.2, -0.15) is 0 Å². The van der Waals surface area contributed by atoms with Gasteiger partial charge in [-0.1, -0.05) is 85.0 Å². The van der Waals surface area contributed by atoms with Gasteiger partial charge >= 0.3 is 0 Å². The minimum absolute atomic E-state index is 0.999. The van der Waals surface area contributed by atoms with Crippen LogP contribution in [0.5, 0.6) is 0 Å². The molecule has 0 heterocycles. The van der Waals surface area contributed by atoms with Crippen molar-refractivity contribution >= 4 is 0 Å². The Balaban J connectivity index is 1.32. The third kappa shape index (κ3) is 6.50. The Bertz CT molecular complexity index is 375. The first-order valence-corrected chi connectivity index (χ1v) is 13.2. The molecule has 158 valence electrons. The van der Waals surface area contributed by atoms with Crippen molar-refractivity contribution in [2.45, 2.75) is 130 Å². The normalized spacial score (nSPS) is 39.2. The highest BCUT2D eigenvalue weighted by atomic mass is 14.4. The second-order valence-corrected chi connectivity index (χ2v) is 11.1. The van der Waals surface area contributed by atoms with Gasteiger partial charge in [-0.3, -0.25) is 0 Å². The summed E-state index contributed by atoms with van der Waals surface area (Å²) in [5.41, 5.74) is 0. The van der Waals surface area contributed by atoms with Gasteiger partial charge in [-0.05, 0) is 86.4 Å². The van der Waals surface area contributed by atoms with E-state index in [-0.39, 0.29) is 0 Å². The van der Waals surface area contributed by atoms with Gasteiger partial charge in [0.05, 0.1) is 0 Å². The third-order valence-corrected chi connectivity index (χ3v) is 9.24. The summed E-state index contributed by atoms with van der Waals surface area (Å²) in [7, 11) is 0. The van der Waals surface area contributed by atoms with Crippen molar-refractivity contribution in [3.63, 3.8) is 0 Å². The zero-order valence-corrected chi connectivity index (χ0v) is 19.1. The molecule has 0 unspecified atom stereocenters. The van der Waals surface area contributed by atoms with Gasteiger partial charge in [-0.15, -0.1) is 0 Å². The summed E-state index contributed by atoms with van der Waals surface area (Å²) in [5.74, 6) is 7.48. The van der Waals surface area contributed by atoms with E-state index in [0.29, 0.717) is 0 Å². The molecule has 0 spiro atoms. The van der Waals surface area contributed by atoms with Gasteiger partial charge in [0, 0.05) is 0 Å². The highest BCUT2D eigenvalue weighted by Crippen LogP contribution is 2.45. The smallest absolute Gasteiger partial charge is 0.0386 e. The molecule has 0 nitrogen and oxygen atoms in total. The van der Waals surface area contributed by atoms with Crippen molar-refractivity contribution in [3.05, 3.63) is 0 Å². The van der Waals surface area contributed by atoms with Crippen LogP contribution in [0.1, 0.15) is 130 Å². The van der Waals surface area contributed by atoms with Crippen molar-refractivity contribution in [1.82, 2.24) is 0 Å². The molecule has 0 aliphatic heterocycles. The third-order valence-electron chi connectivity index (χ3n) is 9.24. The molecule has 0 bridgehead atoms. The average molecular weight is 375 g/mol. The van der Waals surface area contributed by atoms with Crippen LogP contribution in [0.3, 0.4) is 0 Å². The van der Waals surface area contributed by atoms with E-state index >= 15 is 0 Å². The second kappa shape index (κ2) is 11.3. The lowest BCUT2D eigenvalue weighted by molar-refractivity contribution is 0.122. The van der Waals surface area contributed by atoms with Crippen LogP contribution in [-0.2, 0) is 0 Å². The highest BCUT2D eigenvalue weighted by Gasteiger charge is 2.32. The van der Waals surface area contributed by atoms with E-state index in [4.69, 9.17) is 0 Å². The monoisotopic (exact) mass is 374 g/mol. The van der Waals surface area contributed by atoms with Crippen LogP contribution in [-0.4, -0.2) is 0 Å². The van der Waals surface area contributed by atoms with Gasteiger partial charge in [0.1, 0.15) is 0 Å². The van der Waals surface area contributed by atoms with E-state index in [9.17, 15) is 0 Å². The maximum Gasteiger partial charge on any atom is -0.0386 e. The molecule has 0 saturated heterocycles. The van der Waals surface area contributed by atoms with Crippen molar-refractivity contribution in [2.24, 2.45) is 41.4 Å². The Hall–Kier alpha value is 0. The fourth-order valence-electron chi connectivity index (χ4n) is 7.42.